The number of nitrogens with zero attached hydrogens (tertiary/aromatic N) is 2. The highest BCUT2D eigenvalue weighted by molar-refractivity contribution is 7.91. The van der Waals surface area contributed by atoms with Gasteiger partial charge in [-0.15, -0.1) is 0 Å². The van der Waals surface area contributed by atoms with Crippen molar-refractivity contribution in [3.63, 3.8) is 0 Å². The topological polar surface area (TPSA) is 68.5 Å². The number of carbonyl (C=O) groups excluding carboxylic acids is 1. The number of hydrogen-bond donors (Lipinski definition) is 0. The second-order valence-corrected chi connectivity index (χ2v) is 10.2. The third kappa shape index (κ3) is 4.97. The van der Waals surface area contributed by atoms with Gasteiger partial charge >= 0.3 is 0 Å². The van der Waals surface area contributed by atoms with Gasteiger partial charge in [-0.2, -0.15) is 4.99 Å². The molecule has 0 aliphatic carbocycles. The third-order valence-electron chi connectivity index (χ3n) is 4.68. The van der Waals surface area contributed by atoms with E-state index in [1.807, 2.05) is 19.1 Å². The lowest BCUT2D eigenvalue weighted by Crippen LogP contribution is -2.17. The van der Waals surface area contributed by atoms with Crippen molar-refractivity contribution in [2.24, 2.45) is 4.99 Å². The molecular formula is C21H23ClN2O3S2. The van der Waals surface area contributed by atoms with E-state index in [1.54, 1.807) is 12.1 Å². The summed E-state index contributed by atoms with van der Waals surface area (Å²) < 4.78 is 27.9. The van der Waals surface area contributed by atoms with E-state index >= 15 is 0 Å². The molecule has 0 atom stereocenters. The van der Waals surface area contributed by atoms with Crippen molar-refractivity contribution in [1.29, 1.82) is 0 Å². The zero-order valence-corrected chi connectivity index (χ0v) is 18.8. The number of amides is 1. The first kappa shape index (κ1) is 21.7. The summed E-state index contributed by atoms with van der Waals surface area (Å²) in [5, 5.41) is 0.483. The summed E-state index contributed by atoms with van der Waals surface area (Å²) in [4.78, 5) is 17.5. The summed E-state index contributed by atoms with van der Waals surface area (Å²) in [7, 11) is -3.44. The third-order valence-corrected chi connectivity index (χ3v) is 7.79. The summed E-state index contributed by atoms with van der Waals surface area (Å²) >= 11 is 7.29. The second-order valence-electron chi connectivity index (χ2n) is 6.63. The van der Waals surface area contributed by atoms with Gasteiger partial charge in [-0.3, -0.25) is 4.79 Å². The Morgan fingerprint density at radius 3 is 2.52 bits per heavy atom. The Morgan fingerprint density at radius 2 is 1.86 bits per heavy atom. The molecule has 5 nitrogen and oxygen atoms in total. The standard InChI is InChI=1S/C21H23ClN2O3S2/c1-3-15-7-5-8-18-20(15)24(4-2)21(28-18)23-19(25)9-6-14-29(26,27)17-12-10-16(22)11-13-17/h5,7-8,10-13H,3-4,6,9,14H2,1-2H3. The maximum Gasteiger partial charge on any atom is 0.248 e. The first-order chi connectivity index (χ1) is 13.9. The highest BCUT2D eigenvalue weighted by Gasteiger charge is 2.15. The number of aromatic nitrogens is 1. The van der Waals surface area contributed by atoms with Crippen LogP contribution in [0.15, 0.2) is 52.4 Å². The summed E-state index contributed by atoms with van der Waals surface area (Å²) in [5.74, 6) is -0.404. The van der Waals surface area contributed by atoms with Crippen LogP contribution in [0.3, 0.4) is 0 Å². The Morgan fingerprint density at radius 1 is 1.14 bits per heavy atom. The molecule has 0 N–H and O–H groups in total. The van der Waals surface area contributed by atoms with Crippen LogP contribution in [0.25, 0.3) is 10.2 Å². The number of aryl methyl sites for hydroxylation is 2. The Bertz CT molecular complexity index is 1190. The van der Waals surface area contributed by atoms with Gasteiger partial charge in [-0.05, 0) is 55.7 Å². The summed E-state index contributed by atoms with van der Waals surface area (Å²) in [6, 6.07) is 12.2. The molecule has 3 aromatic rings. The van der Waals surface area contributed by atoms with Crippen LogP contribution >= 0.6 is 22.9 Å². The van der Waals surface area contributed by atoms with Gasteiger partial charge in [0.2, 0.25) is 5.91 Å². The number of hydrogen-bond acceptors (Lipinski definition) is 4. The van der Waals surface area contributed by atoms with E-state index in [1.165, 1.54) is 29.0 Å². The average molecular weight is 451 g/mol. The molecule has 8 heteroatoms. The zero-order valence-electron chi connectivity index (χ0n) is 16.4. The van der Waals surface area contributed by atoms with E-state index in [0.29, 0.717) is 16.4 Å². The lowest BCUT2D eigenvalue weighted by atomic mass is 10.1. The highest BCUT2D eigenvalue weighted by atomic mass is 35.5. The van der Waals surface area contributed by atoms with E-state index in [4.69, 9.17) is 11.6 Å². The molecule has 0 unspecified atom stereocenters. The molecule has 0 saturated heterocycles. The van der Waals surface area contributed by atoms with Gasteiger partial charge in [0.15, 0.2) is 14.6 Å². The van der Waals surface area contributed by atoms with Crippen LogP contribution in [0.5, 0.6) is 0 Å². The second kappa shape index (κ2) is 9.24. The Kier molecular flexibility index (Phi) is 6.93. The molecule has 0 saturated carbocycles. The fraction of sp³-hybridized carbons (Fsp3) is 0.333. The molecule has 0 bridgehead atoms. The van der Waals surface area contributed by atoms with Crippen molar-refractivity contribution >= 4 is 48.9 Å². The predicted octanol–water partition coefficient (Wildman–Crippen LogP) is 4.62. The van der Waals surface area contributed by atoms with Crippen LogP contribution in [-0.4, -0.2) is 24.6 Å². The van der Waals surface area contributed by atoms with Gasteiger partial charge in [-0.1, -0.05) is 42.0 Å². The number of carbonyl (C=O) groups is 1. The highest BCUT2D eigenvalue weighted by Crippen LogP contribution is 2.22. The monoisotopic (exact) mass is 450 g/mol. The van der Waals surface area contributed by atoms with Crippen LogP contribution < -0.4 is 4.80 Å². The number of benzene rings is 2. The molecule has 0 radical (unpaired) electrons. The Labute approximate surface area is 179 Å². The number of thiazole rings is 1. The molecular weight excluding hydrogens is 428 g/mol. The van der Waals surface area contributed by atoms with Crippen molar-refractivity contribution in [3.05, 3.63) is 57.9 Å². The smallest absolute Gasteiger partial charge is 0.248 e. The van der Waals surface area contributed by atoms with Gasteiger partial charge < -0.3 is 4.57 Å². The van der Waals surface area contributed by atoms with Crippen molar-refractivity contribution < 1.29 is 13.2 Å². The van der Waals surface area contributed by atoms with Gasteiger partial charge in [0.05, 0.1) is 20.9 Å². The maximum absolute atomic E-state index is 12.4. The van der Waals surface area contributed by atoms with Crippen LogP contribution in [-0.2, 0) is 27.6 Å². The molecule has 0 aliphatic heterocycles. The van der Waals surface area contributed by atoms with Crippen LogP contribution in [0, 0.1) is 0 Å². The number of fused-ring (bicyclic) bond motifs is 1. The lowest BCUT2D eigenvalue weighted by molar-refractivity contribution is -0.118. The molecule has 1 amide bonds. The van der Waals surface area contributed by atoms with Gasteiger partial charge in [0.25, 0.3) is 0 Å². The fourth-order valence-corrected chi connectivity index (χ4v) is 5.80. The quantitative estimate of drug-likeness (QED) is 0.527. The number of rotatable bonds is 7. The Balaban J connectivity index is 1.75. The predicted molar refractivity (Wildman–Crippen MR) is 118 cm³/mol. The van der Waals surface area contributed by atoms with E-state index in [-0.39, 0.29) is 29.4 Å². The van der Waals surface area contributed by atoms with Gasteiger partial charge in [0, 0.05) is 18.0 Å². The molecule has 29 heavy (non-hydrogen) atoms. The number of halogens is 1. The van der Waals surface area contributed by atoms with E-state index in [9.17, 15) is 13.2 Å². The van der Waals surface area contributed by atoms with E-state index < -0.39 is 9.84 Å². The maximum atomic E-state index is 12.4. The fourth-order valence-electron chi connectivity index (χ4n) is 3.20. The van der Waals surface area contributed by atoms with Crippen molar-refractivity contribution in [1.82, 2.24) is 4.57 Å². The molecule has 1 aromatic heterocycles. The molecule has 154 valence electrons. The molecule has 0 fully saturated rings. The molecule has 1 heterocycles. The minimum Gasteiger partial charge on any atom is -0.316 e. The number of para-hydroxylation sites is 1. The normalized spacial score (nSPS) is 12.6. The van der Waals surface area contributed by atoms with Crippen molar-refractivity contribution in [2.45, 2.75) is 44.6 Å². The lowest BCUT2D eigenvalue weighted by Gasteiger charge is -2.05. The molecule has 2 aromatic carbocycles. The first-order valence-electron chi connectivity index (χ1n) is 9.52. The average Bonchev–Trinajstić information content (AvgIpc) is 3.05. The van der Waals surface area contributed by atoms with Crippen molar-refractivity contribution in [2.75, 3.05) is 5.75 Å². The van der Waals surface area contributed by atoms with Gasteiger partial charge in [-0.25, -0.2) is 8.42 Å². The minimum atomic E-state index is -3.44. The SMILES string of the molecule is CCc1cccc2sc(=NC(=O)CCCS(=O)(=O)c3ccc(Cl)cc3)n(CC)c12. The first-order valence-corrected chi connectivity index (χ1v) is 12.4. The molecule has 0 aliphatic rings. The molecule has 3 rings (SSSR count). The largest absolute Gasteiger partial charge is 0.316 e. The van der Waals surface area contributed by atoms with E-state index in [2.05, 4.69) is 22.5 Å². The number of sulfone groups is 1. The van der Waals surface area contributed by atoms with E-state index in [0.717, 1.165) is 16.6 Å². The van der Waals surface area contributed by atoms with Crippen LogP contribution in [0.1, 0.15) is 32.3 Å². The minimum absolute atomic E-state index is 0.0887. The van der Waals surface area contributed by atoms with Crippen molar-refractivity contribution in [3.8, 4) is 0 Å². The molecule has 0 spiro atoms. The summed E-state index contributed by atoms with van der Waals surface area (Å²) in [6.45, 7) is 4.85. The Hall–Kier alpha value is -1.96. The van der Waals surface area contributed by atoms with Crippen LogP contribution in [0.4, 0.5) is 0 Å². The zero-order chi connectivity index (χ0) is 21.0. The summed E-state index contributed by atoms with van der Waals surface area (Å²) in [6.07, 6.45) is 1.22. The summed E-state index contributed by atoms with van der Waals surface area (Å²) in [5.41, 5.74) is 2.35. The van der Waals surface area contributed by atoms with Gasteiger partial charge in [0.1, 0.15) is 0 Å². The van der Waals surface area contributed by atoms with Crippen LogP contribution in [0.2, 0.25) is 5.02 Å².